The van der Waals surface area contributed by atoms with Gasteiger partial charge in [0, 0.05) is 25.3 Å². The van der Waals surface area contributed by atoms with E-state index in [0.717, 1.165) is 25.9 Å². The first kappa shape index (κ1) is 15.5. The highest BCUT2D eigenvalue weighted by atomic mass is 16.5. The molecule has 0 aromatic heterocycles. The molecule has 0 aliphatic carbocycles. The summed E-state index contributed by atoms with van der Waals surface area (Å²) in [4.78, 5) is 23.5. The molecule has 1 fully saturated rings. The van der Waals surface area contributed by atoms with Crippen molar-refractivity contribution in [3.63, 3.8) is 0 Å². The van der Waals surface area contributed by atoms with E-state index >= 15 is 0 Å². The first-order valence-corrected chi connectivity index (χ1v) is 7.47. The van der Waals surface area contributed by atoms with Gasteiger partial charge in [0.1, 0.15) is 0 Å². The van der Waals surface area contributed by atoms with Gasteiger partial charge in [0.2, 0.25) is 5.91 Å². The van der Waals surface area contributed by atoms with E-state index in [1.807, 2.05) is 18.2 Å². The third-order valence-electron chi connectivity index (χ3n) is 3.46. The van der Waals surface area contributed by atoms with Gasteiger partial charge in [-0.2, -0.15) is 0 Å². The van der Waals surface area contributed by atoms with E-state index in [9.17, 15) is 9.59 Å². The van der Waals surface area contributed by atoms with Crippen LogP contribution in [0.1, 0.15) is 36.0 Å². The normalized spacial score (nSPS) is 18.0. The molecule has 1 aromatic rings. The van der Waals surface area contributed by atoms with Gasteiger partial charge < -0.3 is 15.4 Å². The van der Waals surface area contributed by atoms with Crippen LogP contribution < -0.4 is 10.6 Å². The van der Waals surface area contributed by atoms with Crippen LogP contribution in [-0.2, 0) is 9.53 Å². The van der Waals surface area contributed by atoms with Crippen molar-refractivity contribution < 1.29 is 14.3 Å². The maximum Gasteiger partial charge on any atom is 0.251 e. The molecule has 1 atom stereocenters. The minimum Gasteiger partial charge on any atom is -0.378 e. The molecule has 0 saturated carbocycles. The molecule has 5 nitrogen and oxygen atoms in total. The van der Waals surface area contributed by atoms with Crippen molar-refractivity contribution in [3.05, 3.63) is 35.9 Å². The molecule has 1 aromatic carbocycles. The van der Waals surface area contributed by atoms with E-state index in [0.29, 0.717) is 25.1 Å². The van der Waals surface area contributed by atoms with Crippen LogP contribution in [0, 0.1) is 0 Å². The number of benzene rings is 1. The second kappa shape index (κ2) is 8.42. The average molecular weight is 290 g/mol. The van der Waals surface area contributed by atoms with Crippen molar-refractivity contribution in [3.8, 4) is 0 Å². The van der Waals surface area contributed by atoms with Crippen molar-refractivity contribution in [2.24, 2.45) is 0 Å². The van der Waals surface area contributed by atoms with Crippen LogP contribution in [0.5, 0.6) is 0 Å². The SMILES string of the molecule is O=C(CC1CCCCO1)NCCNC(=O)c1ccccc1. The van der Waals surface area contributed by atoms with E-state index in [1.165, 1.54) is 0 Å². The molecular weight excluding hydrogens is 268 g/mol. The van der Waals surface area contributed by atoms with Crippen LogP contribution in [0.25, 0.3) is 0 Å². The Labute approximate surface area is 125 Å². The van der Waals surface area contributed by atoms with Crippen LogP contribution >= 0.6 is 0 Å². The molecule has 0 radical (unpaired) electrons. The minimum absolute atomic E-state index is 0.0177. The molecule has 1 heterocycles. The second-order valence-electron chi connectivity index (χ2n) is 5.16. The van der Waals surface area contributed by atoms with Crippen LogP contribution in [0.4, 0.5) is 0 Å². The van der Waals surface area contributed by atoms with E-state index in [4.69, 9.17) is 4.74 Å². The highest BCUT2D eigenvalue weighted by molar-refractivity contribution is 5.94. The summed E-state index contributed by atoms with van der Waals surface area (Å²) < 4.78 is 5.52. The molecule has 1 unspecified atom stereocenters. The van der Waals surface area contributed by atoms with Gasteiger partial charge in [-0.3, -0.25) is 9.59 Å². The number of amides is 2. The van der Waals surface area contributed by atoms with Crippen LogP contribution in [0.2, 0.25) is 0 Å². The Hall–Kier alpha value is -1.88. The number of hydrogen-bond acceptors (Lipinski definition) is 3. The maximum absolute atomic E-state index is 11.8. The fourth-order valence-electron chi connectivity index (χ4n) is 2.32. The molecule has 5 heteroatoms. The second-order valence-corrected chi connectivity index (χ2v) is 5.16. The summed E-state index contributed by atoms with van der Waals surface area (Å²) in [6.07, 6.45) is 3.64. The monoisotopic (exact) mass is 290 g/mol. The van der Waals surface area contributed by atoms with Gasteiger partial charge in [-0.1, -0.05) is 18.2 Å². The number of rotatable bonds is 6. The largest absolute Gasteiger partial charge is 0.378 e. The smallest absolute Gasteiger partial charge is 0.251 e. The summed E-state index contributed by atoms with van der Waals surface area (Å²) in [5.74, 6) is -0.142. The third-order valence-corrected chi connectivity index (χ3v) is 3.46. The Morgan fingerprint density at radius 2 is 1.86 bits per heavy atom. The van der Waals surface area contributed by atoms with Crippen molar-refractivity contribution in [1.29, 1.82) is 0 Å². The fraction of sp³-hybridized carbons (Fsp3) is 0.500. The lowest BCUT2D eigenvalue weighted by Gasteiger charge is -2.21. The van der Waals surface area contributed by atoms with Gasteiger partial charge in [-0.25, -0.2) is 0 Å². The molecule has 0 bridgehead atoms. The average Bonchev–Trinajstić information content (AvgIpc) is 2.53. The predicted octanol–water partition coefficient (Wildman–Crippen LogP) is 1.49. The standard InChI is InChI=1S/C16H22N2O3/c19-15(12-14-8-4-5-11-21-14)17-9-10-18-16(20)13-6-2-1-3-7-13/h1-3,6-7,14H,4-5,8-12H2,(H,17,19)(H,18,20). The van der Waals surface area contributed by atoms with Crippen LogP contribution in [-0.4, -0.2) is 37.6 Å². The Morgan fingerprint density at radius 1 is 1.10 bits per heavy atom. The zero-order valence-corrected chi connectivity index (χ0v) is 12.1. The van der Waals surface area contributed by atoms with Crippen LogP contribution in [0.15, 0.2) is 30.3 Å². The molecular formula is C16H22N2O3. The molecule has 0 spiro atoms. The Bertz CT molecular complexity index is 456. The number of nitrogens with one attached hydrogen (secondary N) is 2. The van der Waals surface area contributed by atoms with Crippen molar-refractivity contribution in [2.45, 2.75) is 31.8 Å². The van der Waals surface area contributed by atoms with Crippen molar-refractivity contribution >= 4 is 11.8 Å². The highest BCUT2D eigenvalue weighted by Gasteiger charge is 2.17. The van der Waals surface area contributed by atoms with Crippen molar-refractivity contribution in [2.75, 3.05) is 19.7 Å². The number of carbonyl (C=O) groups excluding carboxylic acids is 2. The Kier molecular flexibility index (Phi) is 6.22. The molecule has 1 saturated heterocycles. The molecule has 21 heavy (non-hydrogen) atoms. The molecule has 1 aliphatic rings. The van der Waals surface area contributed by atoms with Gasteiger partial charge in [0.25, 0.3) is 5.91 Å². The quantitative estimate of drug-likeness (QED) is 0.780. The summed E-state index contributed by atoms with van der Waals surface area (Å²) in [5, 5.41) is 5.58. The summed E-state index contributed by atoms with van der Waals surface area (Å²) in [5.41, 5.74) is 0.624. The lowest BCUT2D eigenvalue weighted by Crippen LogP contribution is -2.36. The van der Waals surface area contributed by atoms with Gasteiger partial charge in [0.15, 0.2) is 0 Å². The molecule has 2 N–H and O–H groups in total. The number of ether oxygens (including phenoxy) is 1. The topological polar surface area (TPSA) is 67.4 Å². The molecule has 2 amide bonds. The number of hydrogen-bond donors (Lipinski definition) is 2. The van der Waals surface area contributed by atoms with Crippen molar-refractivity contribution in [1.82, 2.24) is 10.6 Å². The van der Waals surface area contributed by atoms with E-state index in [2.05, 4.69) is 10.6 Å². The number of carbonyl (C=O) groups is 2. The minimum atomic E-state index is -0.125. The predicted molar refractivity (Wildman–Crippen MR) is 80.0 cm³/mol. The summed E-state index contributed by atoms with van der Waals surface area (Å²) in [6, 6.07) is 9.02. The van der Waals surface area contributed by atoms with Crippen LogP contribution in [0.3, 0.4) is 0 Å². The van der Waals surface area contributed by atoms with E-state index in [-0.39, 0.29) is 17.9 Å². The first-order chi connectivity index (χ1) is 10.3. The zero-order valence-electron chi connectivity index (χ0n) is 12.1. The molecule has 1 aliphatic heterocycles. The lowest BCUT2D eigenvalue weighted by molar-refractivity contribution is -0.124. The maximum atomic E-state index is 11.8. The van der Waals surface area contributed by atoms with Gasteiger partial charge >= 0.3 is 0 Å². The summed E-state index contributed by atoms with van der Waals surface area (Å²) in [6.45, 7) is 1.61. The fourth-order valence-corrected chi connectivity index (χ4v) is 2.32. The third kappa shape index (κ3) is 5.55. The Morgan fingerprint density at radius 3 is 2.57 bits per heavy atom. The summed E-state index contributed by atoms with van der Waals surface area (Å²) >= 11 is 0. The van der Waals surface area contributed by atoms with Gasteiger partial charge in [-0.05, 0) is 31.4 Å². The summed E-state index contributed by atoms with van der Waals surface area (Å²) in [7, 11) is 0. The lowest BCUT2D eigenvalue weighted by atomic mass is 10.1. The Balaban J connectivity index is 1.58. The van der Waals surface area contributed by atoms with E-state index < -0.39 is 0 Å². The highest BCUT2D eigenvalue weighted by Crippen LogP contribution is 2.15. The van der Waals surface area contributed by atoms with Gasteiger partial charge in [-0.15, -0.1) is 0 Å². The zero-order chi connectivity index (χ0) is 14.9. The van der Waals surface area contributed by atoms with E-state index in [1.54, 1.807) is 12.1 Å². The molecule has 2 rings (SSSR count). The molecule has 114 valence electrons. The van der Waals surface area contributed by atoms with Gasteiger partial charge in [0.05, 0.1) is 12.5 Å². The first-order valence-electron chi connectivity index (χ1n) is 7.47.